The van der Waals surface area contributed by atoms with Crippen LogP contribution in [0.15, 0.2) is 30.3 Å². The SMILES string of the molecule is CCCN(Cc1ccccc1)C(C)F. The molecule has 0 bridgehead atoms. The summed E-state index contributed by atoms with van der Waals surface area (Å²) >= 11 is 0. The largest absolute Gasteiger partial charge is 0.270 e. The summed E-state index contributed by atoms with van der Waals surface area (Å²) in [6.45, 7) is 5.18. The minimum absolute atomic E-state index is 0.701. The second kappa shape index (κ2) is 5.76. The van der Waals surface area contributed by atoms with Crippen LogP contribution in [-0.4, -0.2) is 17.7 Å². The molecule has 0 fully saturated rings. The first kappa shape index (κ1) is 11.2. The van der Waals surface area contributed by atoms with E-state index in [1.165, 1.54) is 5.56 Å². The zero-order valence-corrected chi connectivity index (χ0v) is 8.91. The van der Waals surface area contributed by atoms with Gasteiger partial charge in [0.2, 0.25) is 0 Å². The molecule has 1 rings (SSSR count). The Kier molecular flexibility index (Phi) is 4.60. The predicted molar refractivity (Wildman–Crippen MR) is 57.7 cm³/mol. The molecule has 0 saturated carbocycles. The quantitative estimate of drug-likeness (QED) is 0.652. The third-order valence-corrected chi connectivity index (χ3v) is 2.24. The molecule has 0 aliphatic carbocycles. The number of hydrogen-bond donors (Lipinski definition) is 0. The Morgan fingerprint density at radius 1 is 1.29 bits per heavy atom. The highest BCUT2D eigenvalue weighted by Crippen LogP contribution is 2.09. The molecule has 14 heavy (non-hydrogen) atoms. The van der Waals surface area contributed by atoms with E-state index in [1.807, 2.05) is 35.2 Å². The molecule has 1 aromatic carbocycles. The van der Waals surface area contributed by atoms with Crippen LogP contribution in [0.2, 0.25) is 0 Å². The van der Waals surface area contributed by atoms with E-state index in [1.54, 1.807) is 6.92 Å². The first-order valence-corrected chi connectivity index (χ1v) is 5.16. The van der Waals surface area contributed by atoms with Crippen molar-refractivity contribution in [2.75, 3.05) is 6.54 Å². The predicted octanol–water partition coefficient (Wildman–Crippen LogP) is 3.21. The van der Waals surface area contributed by atoms with Gasteiger partial charge in [-0.3, -0.25) is 4.90 Å². The zero-order chi connectivity index (χ0) is 10.4. The van der Waals surface area contributed by atoms with Crippen LogP contribution in [0.1, 0.15) is 25.8 Å². The summed E-state index contributed by atoms with van der Waals surface area (Å²) in [5.74, 6) is 0. The fourth-order valence-corrected chi connectivity index (χ4v) is 1.49. The van der Waals surface area contributed by atoms with E-state index in [-0.39, 0.29) is 0 Å². The van der Waals surface area contributed by atoms with Gasteiger partial charge < -0.3 is 0 Å². The maximum absolute atomic E-state index is 13.2. The highest BCUT2D eigenvalue weighted by atomic mass is 19.1. The van der Waals surface area contributed by atoms with Gasteiger partial charge >= 0.3 is 0 Å². The Morgan fingerprint density at radius 2 is 1.93 bits per heavy atom. The summed E-state index contributed by atoms with van der Waals surface area (Å²) < 4.78 is 13.2. The van der Waals surface area contributed by atoms with Crippen LogP contribution >= 0.6 is 0 Å². The van der Waals surface area contributed by atoms with Crippen LogP contribution in [0.5, 0.6) is 0 Å². The van der Waals surface area contributed by atoms with Crippen molar-refractivity contribution in [3.63, 3.8) is 0 Å². The molecule has 1 nitrogen and oxygen atoms in total. The van der Waals surface area contributed by atoms with Crippen LogP contribution in [0.25, 0.3) is 0 Å². The summed E-state index contributed by atoms with van der Waals surface area (Å²) in [6, 6.07) is 10.0. The van der Waals surface area contributed by atoms with Crippen molar-refractivity contribution < 1.29 is 4.39 Å². The minimum Gasteiger partial charge on any atom is -0.270 e. The summed E-state index contributed by atoms with van der Waals surface area (Å²) in [5.41, 5.74) is 1.17. The maximum Gasteiger partial charge on any atom is 0.151 e. The van der Waals surface area contributed by atoms with Gasteiger partial charge in [0.15, 0.2) is 6.30 Å². The van der Waals surface area contributed by atoms with E-state index >= 15 is 0 Å². The molecule has 0 radical (unpaired) electrons. The zero-order valence-electron chi connectivity index (χ0n) is 8.91. The van der Waals surface area contributed by atoms with Crippen LogP contribution in [0.4, 0.5) is 4.39 Å². The third-order valence-electron chi connectivity index (χ3n) is 2.24. The lowest BCUT2D eigenvalue weighted by Crippen LogP contribution is -2.30. The number of alkyl halides is 1. The minimum atomic E-state index is -0.866. The van der Waals surface area contributed by atoms with Crippen LogP contribution < -0.4 is 0 Å². The standard InChI is InChI=1S/C12H18FN/c1-3-9-14(11(2)13)10-12-7-5-4-6-8-12/h4-8,11H,3,9-10H2,1-2H3. The average Bonchev–Trinajstić information content (AvgIpc) is 2.18. The van der Waals surface area contributed by atoms with E-state index in [2.05, 4.69) is 6.92 Å². The first-order valence-electron chi connectivity index (χ1n) is 5.16. The van der Waals surface area contributed by atoms with Gasteiger partial charge in [0, 0.05) is 13.1 Å². The second-order valence-corrected chi connectivity index (χ2v) is 3.53. The third kappa shape index (κ3) is 3.46. The number of rotatable bonds is 5. The molecule has 0 N–H and O–H groups in total. The highest BCUT2D eigenvalue weighted by molar-refractivity contribution is 5.14. The van der Waals surface area contributed by atoms with Gasteiger partial charge in [-0.25, -0.2) is 4.39 Å². The molecule has 0 aliphatic heterocycles. The molecule has 78 valence electrons. The molecule has 0 spiro atoms. The lowest BCUT2D eigenvalue weighted by Gasteiger charge is -2.22. The van der Waals surface area contributed by atoms with E-state index in [0.29, 0.717) is 6.54 Å². The molecular weight excluding hydrogens is 177 g/mol. The number of hydrogen-bond acceptors (Lipinski definition) is 1. The lowest BCUT2D eigenvalue weighted by molar-refractivity contribution is 0.0904. The topological polar surface area (TPSA) is 3.24 Å². The second-order valence-electron chi connectivity index (χ2n) is 3.53. The van der Waals surface area contributed by atoms with Gasteiger partial charge in [0.25, 0.3) is 0 Å². The van der Waals surface area contributed by atoms with Crippen LogP contribution in [-0.2, 0) is 6.54 Å². The summed E-state index contributed by atoms with van der Waals surface area (Å²) in [4.78, 5) is 1.84. The Morgan fingerprint density at radius 3 is 2.43 bits per heavy atom. The normalized spacial score (nSPS) is 13.1. The maximum atomic E-state index is 13.2. The monoisotopic (exact) mass is 195 g/mol. The molecular formula is C12H18FN. The van der Waals surface area contributed by atoms with Gasteiger partial charge in [-0.1, -0.05) is 37.3 Å². The van der Waals surface area contributed by atoms with E-state index in [0.717, 1.165) is 13.0 Å². The Balaban J connectivity index is 2.55. The van der Waals surface area contributed by atoms with Gasteiger partial charge in [0.05, 0.1) is 0 Å². The van der Waals surface area contributed by atoms with Crippen LogP contribution in [0, 0.1) is 0 Å². The van der Waals surface area contributed by atoms with E-state index in [4.69, 9.17) is 0 Å². The van der Waals surface area contributed by atoms with E-state index in [9.17, 15) is 4.39 Å². The first-order chi connectivity index (χ1) is 6.74. The fourth-order valence-electron chi connectivity index (χ4n) is 1.49. The number of halogens is 1. The fraction of sp³-hybridized carbons (Fsp3) is 0.500. The Hall–Kier alpha value is -0.890. The molecule has 0 heterocycles. The van der Waals surface area contributed by atoms with Crippen molar-refractivity contribution in [3.8, 4) is 0 Å². The molecule has 0 saturated heterocycles. The number of benzene rings is 1. The number of nitrogens with zero attached hydrogens (tertiary/aromatic N) is 1. The lowest BCUT2D eigenvalue weighted by atomic mass is 10.2. The summed E-state index contributed by atoms with van der Waals surface area (Å²) in [5, 5.41) is 0. The van der Waals surface area contributed by atoms with Crippen molar-refractivity contribution in [3.05, 3.63) is 35.9 Å². The molecule has 1 aromatic rings. The highest BCUT2D eigenvalue weighted by Gasteiger charge is 2.11. The van der Waals surface area contributed by atoms with Crippen molar-refractivity contribution in [2.45, 2.75) is 33.1 Å². The molecule has 0 aliphatic rings. The Labute approximate surface area is 85.5 Å². The summed E-state index contributed by atoms with van der Waals surface area (Å²) in [7, 11) is 0. The molecule has 1 atom stereocenters. The van der Waals surface area contributed by atoms with Gasteiger partial charge in [0.1, 0.15) is 0 Å². The average molecular weight is 195 g/mol. The summed E-state index contributed by atoms with van der Waals surface area (Å²) in [6.07, 6.45) is 0.122. The Bertz CT molecular complexity index is 246. The smallest absolute Gasteiger partial charge is 0.151 e. The van der Waals surface area contributed by atoms with Crippen molar-refractivity contribution in [1.82, 2.24) is 4.90 Å². The molecule has 2 heteroatoms. The molecule has 0 amide bonds. The van der Waals surface area contributed by atoms with Gasteiger partial charge in [-0.05, 0) is 18.9 Å². The van der Waals surface area contributed by atoms with Gasteiger partial charge in [-0.2, -0.15) is 0 Å². The van der Waals surface area contributed by atoms with Crippen molar-refractivity contribution >= 4 is 0 Å². The molecule has 0 aromatic heterocycles. The molecule has 1 unspecified atom stereocenters. The van der Waals surface area contributed by atoms with Crippen molar-refractivity contribution in [1.29, 1.82) is 0 Å². The van der Waals surface area contributed by atoms with Crippen LogP contribution in [0.3, 0.4) is 0 Å². The van der Waals surface area contributed by atoms with Gasteiger partial charge in [-0.15, -0.1) is 0 Å². The van der Waals surface area contributed by atoms with E-state index < -0.39 is 6.30 Å². The van der Waals surface area contributed by atoms with Crippen molar-refractivity contribution in [2.24, 2.45) is 0 Å².